The number of hydrogen-bond donors (Lipinski definition) is 0. The van der Waals surface area contributed by atoms with E-state index in [1.165, 1.54) is 15.0 Å². The van der Waals surface area contributed by atoms with Crippen LogP contribution in [0.4, 0.5) is 0 Å². The van der Waals surface area contributed by atoms with Gasteiger partial charge in [0.05, 0.1) is 14.2 Å². The van der Waals surface area contributed by atoms with Crippen LogP contribution in [0.15, 0.2) is 78.9 Å². The van der Waals surface area contributed by atoms with Crippen LogP contribution in [0.2, 0.25) is 0 Å². The van der Waals surface area contributed by atoms with Crippen molar-refractivity contribution >= 4 is 33.3 Å². The molecule has 0 aliphatic rings. The Balaban J connectivity index is 1.64. The molecule has 4 rings (SSSR count). The maximum absolute atomic E-state index is 12.5. The first-order valence-corrected chi connectivity index (χ1v) is 10.0. The van der Waals surface area contributed by atoms with E-state index in [0.29, 0.717) is 5.56 Å². The molecule has 29 heavy (non-hydrogen) atoms. The number of allylic oxidation sites excluding steroid dienone is 1. The van der Waals surface area contributed by atoms with E-state index in [-0.39, 0.29) is 5.78 Å². The fourth-order valence-corrected chi connectivity index (χ4v) is 4.22. The average Bonchev–Trinajstić information content (AvgIpc) is 3.21. The second-order valence-corrected chi connectivity index (χ2v) is 7.62. The molecule has 0 bridgehead atoms. The molecule has 0 saturated heterocycles. The Morgan fingerprint density at radius 1 is 0.897 bits per heavy atom. The first-order valence-electron chi connectivity index (χ1n) is 9.21. The van der Waals surface area contributed by atoms with Crippen LogP contribution in [0.1, 0.15) is 15.9 Å². The first-order chi connectivity index (χ1) is 14.2. The highest BCUT2D eigenvalue weighted by Gasteiger charge is 2.08. The summed E-state index contributed by atoms with van der Waals surface area (Å²) in [7, 11) is 3.24. The Morgan fingerprint density at radius 3 is 2.41 bits per heavy atom. The quantitative estimate of drug-likeness (QED) is 0.274. The molecule has 0 radical (unpaired) electrons. The summed E-state index contributed by atoms with van der Waals surface area (Å²) >= 11 is 1.75. The van der Waals surface area contributed by atoms with Crippen LogP contribution in [-0.2, 0) is 0 Å². The minimum atomic E-state index is -0.0676. The summed E-state index contributed by atoms with van der Waals surface area (Å²) in [5.41, 5.74) is 2.58. The number of hydrogen-bond acceptors (Lipinski definition) is 4. The normalized spacial score (nSPS) is 11.1. The van der Waals surface area contributed by atoms with Gasteiger partial charge in [-0.3, -0.25) is 4.79 Å². The van der Waals surface area contributed by atoms with Crippen molar-refractivity contribution in [3.8, 4) is 21.9 Å². The number of methoxy groups -OCH3 is 2. The molecule has 144 valence electrons. The molecule has 0 aliphatic heterocycles. The molecule has 1 aromatic heterocycles. The maximum Gasteiger partial charge on any atom is 0.185 e. The van der Waals surface area contributed by atoms with Crippen molar-refractivity contribution in [1.82, 2.24) is 0 Å². The Labute approximate surface area is 173 Å². The van der Waals surface area contributed by atoms with Crippen molar-refractivity contribution in [2.45, 2.75) is 0 Å². The van der Waals surface area contributed by atoms with Crippen molar-refractivity contribution in [2.75, 3.05) is 14.2 Å². The lowest BCUT2D eigenvalue weighted by molar-refractivity contribution is 0.104. The number of carbonyl (C=O) groups is 1. The molecular weight excluding hydrogens is 380 g/mol. The van der Waals surface area contributed by atoms with Gasteiger partial charge in [0.25, 0.3) is 0 Å². The largest absolute Gasteiger partial charge is 0.497 e. The minimum absolute atomic E-state index is 0.0676. The summed E-state index contributed by atoms with van der Waals surface area (Å²) < 4.78 is 11.9. The van der Waals surface area contributed by atoms with E-state index in [1.54, 1.807) is 55.9 Å². The SMILES string of the molecule is COc1ccc(C(=O)/C=C/c2cc(-c3cc4ccccc4s3)ccc2OC)cc1. The summed E-state index contributed by atoms with van der Waals surface area (Å²) in [6, 6.07) is 23.7. The van der Waals surface area contributed by atoms with Gasteiger partial charge in [-0.1, -0.05) is 18.2 Å². The smallest absolute Gasteiger partial charge is 0.185 e. The Bertz CT molecular complexity index is 1150. The molecule has 0 saturated carbocycles. The van der Waals surface area contributed by atoms with Crippen LogP contribution < -0.4 is 9.47 Å². The van der Waals surface area contributed by atoms with Crippen molar-refractivity contribution < 1.29 is 14.3 Å². The van der Waals surface area contributed by atoms with E-state index in [9.17, 15) is 4.79 Å². The molecule has 0 unspecified atom stereocenters. The monoisotopic (exact) mass is 400 g/mol. The van der Waals surface area contributed by atoms with Gasteiger partial charge >= 0.3 is 0 Å². The third-order valence-electron chi connectivity index (χ3n) is 4.73. The number of rotatable bonds is 6. The van der Waals surface area contributed by atoms with Crippen LogP contribution in [0.5, 0.6) is 11.5 Å². The van der Waals surface area contributed by atoms with Gasteiger partial charge in [0.1, 0.15) is 11.5 Å². The number of fused-ring (bicyclic) bond motifs is 1. The predicted molar refractivity (Wildman–Crippen MR) is 120 cm³/mol. The fourth-order valence-electron chi connectivity index (χ4n) is 3.16. The van der Waals surface area contributed by atoms with Gasteiger partial charge in [-0.2, -0.15) is 0 Å². The molecule has 1 heterocycles. The zero-order valence-corrected chi connectivity index (χ0v) is 17.0. The topological polar surface area (TPSA) is 35.5 Å². The molecule has 4 heteroatoms. The van der Waals surface area contributed by atoms with E-state index >= 15 is 0 Å². The lowest BCUT2D eigenvalue weighted by Crippen LogP contribution is -1.94. The average molecular weight is 400 g/mol. The molecule has 0 N–H and O–H groups in total. The van der Waals surface area contributed by atoms with Crippen LogP contribution in [-0.4, -0.2) is 20.0 Å². The van der Waals surface area contributed by atoms with Gasteiger partial charge in [0.2, 0.25) is 0 Å². The third-order valence-corrected chi connectivity index (χ3v) is 5.89. The van der Waals surface area contributed by atoms with Crippen molar-refractivity contribution in [2.24, 2.45) is 0 Å². The standard InChI is InChI=1S/C25H20O3S/c1-27-21-11-7-17(8-12-21)22(26)13-9-18-15-20(10-14-23(18)28-2)25-16-19-5-3-4-6-24(19)29-25/h3-16H,1-2H3/b13-9+. The Kier molecular flexibility index (Phi) is 5.45. The maximum atomic E-state index is 12.5. The molecule has 0 aliphatic carbocycles. The number of thiophene rings is 1. The van der Waals surface area contributed by atoms with Crippen LogP contribution in [0, 0.1) is 0 Å². The highest BCUT2D eigenvalue weighted by molar-refractivity contribution is 7.22. The highest BCUT2D eigenvalue weighted by atomic mass is 32.1. The van der Waals surface area contributed by atoms with Crippen LogP contribution >= 0.6 is 11.3 Å². The Hall–Kier alpha value is -3.37. The highest BCUT2D eigenvalue weighted by Crippen LogP contribution is 2.35. The summed E-state index contributed by atoms with van der Waals surface area (Å²) in [6.45, 7) is 0. The molecule has 0 spiro atoms. The van der Waals surface area contributed by atoms with Gasteiger partial charge in [0, 0.05) is 20.7 Å². The summed E-state index contributed by atoms with van der Waals surface area (Å²) in [5, 5.41) is 1.23. The molecule has 0 atom stereocenters. The van der Waals surface area contributed by atoms with Crippen molar-refractivity contribution in [3.63, 3.8) is 0 Å². The molecule has 0 amide bonds. The lowest BCUT2D eigenvalue weighted by atomic mass is 10.1. The van der Waals surface area contributed by atoms with Gasteiger partial charge < -0.3 is 9.47 Å². The Morgan fingerprint density at radius 2 is 1.69 bits per heavy atom. The fraction of sp³-hybridized carbons (Fsp3) is 0.0800. The van der Waals surface area contributed by atoms with Gasteiger partial charge in [-0.05, 0) is 77.7 Å². The predicted octanol–water partition coefficient (Wildman–Crippen LogP) is 6.48. The number of benzene rings is 3. The van der Waals surface area contributed by atoms with Crippen molar-refractivity contribution in [1.29, 1.82) is 0 Å². The molecular formula is C25H20O3S. The number of ketones is 1. The molecule has 3 nitrogen and oxygen atoms in total. The molecule has 4 aromatic rings. The molecule has 0 fully saturated rings. The van der Waals surface area contributed by atoms with Crippen LogP contribution in [0.25, 0.3) is 26.6 Å². The van der Waals surface area contributed by atoms with Gasteiger partial charge in [-0.25, -0.2) is 0 Å². The second-order valence-electron chi connectivity index (χ2n) is 6.53. The summed E-state index contributed by atoms with van der Waals surface area (Å²) in [4.78, 5) is 13.7. The number of ether oxygens (including phenoxy) is 2. The van der Waals surface area contributed by atoms with E-state index < -0.39 is 0 Å². The minimum Gasteiger partial charge on any atom is -0.497 e. The van der Waals surface area contributed by atoms with Crippen LogP contribution in [0.3, 0.4) is 0 Å². The van der Waals surface area contributed by atoms with E-state index in [0.717, 1.165) is 22.6 Å². The van der Waals surface area contributed by atoms with E-state index in [2.05, 4.69) is 30.3 Å². The van der Waals surface area contributed by atoms with Crippen molar-refractivity contribution in [3.05, 3.63) is 90.0 Å². The zero-order chi connectivity index (χ0) is 20.2. The van der Waals surface area contributed by atoms with Gasteiger partial charge in [0.15, 0.2) is 5.78 Å². The van der Waals surface area contributed by atoms with E-state index in [1.807, 2.05) is 24.3 Å². The molecule has 3 aromatic carbocycles. The van der Waals surface area contributed by atoms with Gasteiger partial charge in [-0.15, -0.1) is 11.3 Å². The number of carbonyl (C=O) groups excluding carboxylic acids is 1. The van der Waals surface area contributed by atoms with E-state index in [4.69, 9.17) is 9.47 Å². The second kappa shape index (κ2) is 8.33. The summed E-state index contributed by atoms with van der Waals surface area (Å²) in [6.07, 6.45) is 3.39. The third kappa shape index (κ3) is 4.08. The lowest BCUT2D eigenvalue weighted by Gasteiger charge is -2.07. The first kappa shape index (κ1) is 19.0. The zero-order valence-electron chi connectivity index (χ0n) is 16.2. The summed E-state index contributed by atoms with van der Waals surface area (Å²) in [5.74, 6) is 1.39.